The van der Waals surface area contributed by atoms with Gasteiger partial charge in [0.05, 0.1) is 10.7 Å². The van der Waals surface area contributed by atoms with Gasteiger partial charge in [0.15, 0.2) is 11.5 Å². The lowest BCUT2D eigenvalue weighted by Crippen LogP contribution is -2.15. The van der Waals surface area contributed by atoms with E-state index in [-0.39, 0.29) is 6.61 Å². The summed E-state index contributed by atoms with van der Waals surface area (Å²) in [7, 11) is 0. The Hall–Kier alpha value is -1.59. The van der Waals surface area contributed by atoms with Crippen molar-refractivity contribution in [1.82, 2.24) is 4.98 Å². The summed E-state index contributed by atoms with van der Waals surface area (Å²) in [6.45, 7) is 1.32. The summed E-state index contributed by atoms with van der Waals surface area (Å²) in [6, 6.07) is 5.84. The van der Waals surface area contributed by atoms with Crippen molar-refractivity contribution in [2.45, 2.75) is 6.42 Å². The van der Waals surface area contributed by atoms with Gasteiger partial charge in [-0.25, -0.2) is 4.98 Å². The number of aliphatic hydroxyl groups is 1. The van der Waals surface area contributed by atoms with E-state index in [9.17, 15) is 0 Å². The Labute approximate surface area is 109 Å². The Bertz CT molecular complexity index is 553. The Morgan fingerprint density at radius 2 is 2.06 bits per heavy atom. The van der Waals surface area contributed by atoms with Crippen LogP contribution in [0.25, 0.3) is 11.3 Å². The normalized spacial score (nSPS) is 13.6. The first kappa shape index (κ1) is 11.5. The second kappa shape index (κ2) is 4.96. The number of ether oxygens (including phenoxy) is 2. The Morgan fingerprint density at radius 3 is 2.89 bits per heavy atom. The van der Waals surface area contributed by atoms with Crippen molar-refractivity contribution in [2.24, 2.45) is 0 Å². The van der Waals surface area contributed by atoms with Crippen LogP contribution >= 0.6 is 11.3 Å². The molecule has 2 aromatic rings. The van der Waals surface area contributed by atoms with E-state index in [1.54, 1.807) is 11.3 Å². The second-order valence-corrected chi connectivity index (χ2v) is 4.90. The molecule has 0 fully saturated rings. The lowest BCUT2D eigenvalue weighted by molar-refractivity contribution is 0.171. The van der Waals surface area contributed by atoms with Gasteiger partial charge in [0, 0.05) is 24.0 Å². The minimum atomic E-state index is 0.133. The Kier molecular flexibility index (Phi) is 3.17. The molecule has 0 amide bonds. The monoisotopic (exact) mass is 263 g/mol. The molecule has 0 aliphatic carbocycles. The van der Waals surface area contributed by atoms with Crippen molar-refractivity contribution in [3.63, 3.8) is 0 Å². The fraction of sp³-hybridized carbons (Fsp3) is 0.308. The van der Waals surface area contributed by atoms with Gasteiger partial charge in [0.25, 0.3) is 0 Å². The number of fused-ring (bicyclic) bond motifs is 1. The van der Waals surface area contributed by atoms with Gasteiger partial charge in [0.2, 0.25) is 0 Å². The zero-order valence-corrected chi connectivity index (χ0v) is 10.6. The first-order valence-electron chi connectivity index (χ1n) is 5.82. The largest absolute Gasteiger partial charge is 0.486 e. The van der Waals surface area contributed by atoms with Crippen molar-refractivity contribution < 1.29 is 14.6 Å². The van der Waals surface area contributed by atoms with Crippen molar-refractivity contribution in [2.75, 3.05) is 19.8 Å². The first-order chi connectivity index (χ1) is 8.86. The first-order valence-corrected chi connectivity index (χ1v) is 6.70. The lowest BCUT2D eigenvalue weighted by Gasteiger charge is -2.18. The highest BCUT2D eigenvalue weighted by Gasteiger charge is 2.13. The maximum absolute atomic E-state index is 8.89. The molecule has 2 heterocycles. The average molecular weight is 263 g/mol. The van der Waals surface area contributed by atoms with Crippen molar-refractivity contribution >= 4 is 11.3 Å². The predicted octanol–water partition coefficient (Wildman–Crippen LogP) is 2.12. The van der Waals surface area contributed by atoms with Crippen LogP contribution in [0.15, 0.2) is 23.6 Å². The fourth-order valence-electron chi connectivity index (χ4n) is 1.86. The summed E-state index contributed by atoms with van der Waals surface area (Å²) < 4.78 is 11.0. The van der Waals surface area contributed by atoms with Crippen LogP contribution in [-0.4, -0.2) is 29.9 Å². The van der Waals surface area contributed by atoms with Gasteiger partial charge in [-0.2, -0.15) is 0 Å². The van der Waals surface area contributed by atoms with Crippen LogP contribution in [0.4, 0.5) is 0 Å². The highest BCUT2D eigenvalue weighted by Crippen LogP contribution is 2.34. The fourth-order valence-corrected chi connectivity index (χ4v) is 2.65. The number of aliphatic hydroxyl groups excluding tert-OH is 1. The van der Waals surface area contributed by atoms with E-state index in [0.717, 1.165) is 27.8 Å². The van der Waals surface area contributed by atoms with Crippen molar-refractivity contribution in [3.05, 3.63) is 28.6 Å². The Balaban J connectivity index is 1.91. The van der Waals surface area contributed by atoms with Crippen molar-refractivity contribution in [3.8, 4) is 22.8 Å². The standard InChI is InChI=1S/C13H13NO3S/c15-4-3-13-14-10(8-18-13)9-1-2-11-12(7-9)17-6-5-16-11/h1-2,7-8,15H,3-6H2. The van der Waals surface area contributed by atoms with E-state index in [0.29, 0.717) is 19.6 Å². The average Bonchev–Trinajstić information content (AvgIpc) is 2.87. The number of nitrogens with zero attached hydrogens (tertiary/aromatic N) is 1. The molecule has 1 aromatic carbocycles. The minimum Gasteiger partial charge on any atom is -0.486 e. The topological polar surface area (TPSA) is 51.6 Å². The van der Waals surface area contributed by atoms with Gasteiger partial charge in [0.1, 0.15) is 13.2 Å². The summed E-state index contributed by atoms with van der Waals surface area (Å²) in [5.41, 5.74) is 1.93. The summed E-state index contributed by atoms with van der Waals surface area (Å²) in [5, 5.41) is 11.8. The Morgan fingerprint density at radius 1 is 1.22 bits per heavy atom. The molecule has 4 nitrogen and oxygen atoms in total. The van der Waals surface area contributed by atoms with Crippen LogP contribution in [0, 0.1) is 0 Å². The molecule has 1 aliphatic heterocycles. The zero-order valence-electron chi connectivity index (χ0n) is 9.76. The summed E-state index contributed by atoms with van der Waals surface area (Å²) >= 11 is 1.56. The number of thiazole rings is 1. The van der Waals surface area contributed by atoms with Crippen LogP contribution in [0.3, 0.4) is 0 Å². The van der Waals surface area contributed by atoms with E-state index < -0.39 is 0 Å². The highest BCUT2D eigenvalue weighted by molar-refractivity contribution is 7.09. The van der Waals surface area contributed by atoms with E-state index in [1.807, 2.05) is 23.6 Å². The number of aromatic nitrogens is 1. The SMILES string of the molecule is OCCc1nc(-c2ccc3c(c2)OCCO3)cs1. The van der Waals surface area contributed by atoms with Crippen molar-refractivity contribution in [1.29, 1.82) is 0 Å². The quantitative estimate of drug-likeness (QED) is 0.921. The van der Waals surface area contributed by atoms with Crippen LogP contribution in [0.5, 0.6) is 11.5 Å². The second-order valence-electron chi connectivity index (χ2n) is 3.96. The highest BCUT2D eigenvalue weighted by atomic mass is 32.1. The molecule has 1 aliphatic rings. The maximum Gasteiger partial charge on any atom is 0.162 e. The van der Waals surface area contributed by atoms with Gasteiger partial charge in [-0.1, -0.05) is 0 Å². The molecule has 0 radical (unpaired) electrons. The molecule has 1 N–H and O–H groups in total. The van der Waals surface area contributed by atoms with Crippen LogP contribution in [0.2, 0.25) is 0 Å². The molecule has 0 saturated heterocycles. The third-order valence-corrected chi connectivity index (χ3v) is 3.62. The minimum absolute atomic E-state index is 0.133. The number of hydrogen-bond donors (Lipinski definition) is 1. The van der Waals surface area contributed by atoms with Gasteiger partial charge in [-0.15, -0.1) is 11.3 Å². The van der Waals surface area contributed by atoms with Crippen LogP contribution < -0.4 is 9.47 Å². The zero-order chi connectivity index (χ0) is 12.4. The molecule has 0 saturated carbocycles. The summed E-state index contributed by atoms with van der Waals surface area (Å²) in [5.74, 6) is 1.56. The summed E-state index contributed by atoms with van der Waals surface area (Å²) in [6.07, 6.45) is 0.606. The van der Waals surface area contributed by atoms with Gasteiger partial charge in [-0.05, 0) is 18.2 Å². The maximum atomic E-state index is 8.89. The van der Waals surface area contributed by atoms with Gasteiger partial charge in [-0.3, -0.25) is 0 Å². The summed E-state index contributed by atoms with van der Waals surface area (Å²) in [4.78, 5) is 4.48. The van der Waals surface area contributed by atoms with E-state index >= 15 is 0 Å². The van der Waals surface area contributed by atoms with Gasteiger partial charge < -0.3 is 14.6 Å². The molecule has 0 atom stereocenters. The molecule has 94 valence electrons. The van der Waals surface area contributed by atoms with Crippen LogP contribution in [-0.2, 0) is 6.42 Å². The van der Waals surface area contributed by atoms with E-state index in [4.69, 9.17) is 14.6 Å². The smallest absolute Gasteiger partial charge is 0.162 e. The molecule has 18 heavy (non-hydrogen) atoms. The van der Waals surface area contributed by atoms with E-state index in [2.05, 4.69) is 4.98 Å². The molecule has 3 rings (SSSR count). The van der Waals surface area contributed by atoms with Gasteiger partial charge >= 0.3 is 0 Å². The molecule has 1 aromatic heterocycles. The molecule has 0 unspecified atom stereocenters. The molecule has 0 spiro atoms. The van der Waals surface area contributed by atoms with E-state index in [1.165, 1.54) is 0 Å². The third kappa shape index (κ3) is 2.19. The number of benzene rings is 1. The van der Waals surface area contributed by atoms with Crippen LogP contribution in [0.1, 0.15) is 5.01 Å². The molecule has 0 bridgehead atoms. The molecule has 5 heteroatoms. The lowest BCUT2D eigenvalue weighted by atomic mass is 10.1. The predicted molar refractivity (Wildman–Crippen MR) is 69.3 cm³/mol. The molecular weight excluding hydrogens is 250 g/mol. The third-order valence-electron chi connectivity index (χ3n) is 2.72. The number of rotatable bonds is 3. The molecular formula is C13H13NO3S. The number of hydrogen-bond acceptors (Lipinski definition) is 5.